The van der Waals surface area contributed by atoms with Crippen molar-refractivity contribution in [1.82, 2.24) is 0 Å². The lowest BCUT2D eigenvalue weighted by Crippen LogP contribution is -2.29. The van der Waals surface area contributed by atoms with Gasteiger partial charge in [0.2, 0.25) is 5.91 Å². The minimum absolute atomic E-state index is 0.0623. The number of nitrogens with zero attached hydrogens (tertiary/aromatic N) is 1. The largest absolute Gasteiger partial charge is 0.324 e. The molecule has 0 saturated carbocycles. The van der Waals surface area contributed by atoms with Crippen molar-refractivity contribution in [3.05, 3.63) is 23.3 Å². The first-order chi connectivity index (χ1) is 7.63. The highest BCUT2D eigenvalue weighted by molar-refractivity contribution is 8.01. The molecule has 0 saturated heterocycles. The van der Waals surface area contributed by atoms with Crippen molar-refractivity contribution in [1.29, 1.82) is 5.26 Å². The highest BCUT2D eigenvalue weighted by atomic mass is 32.2. The second kappa shape index (κ2) is 4.18. The summed E-state index contributed by atoms with van der Waals surface area (Å²) in [7, 11) is 0. The number of nitrogens with one attached hydrogen (secondary N) is 1. The van der Waals surface area contributed by atoms with Crippen LogP contribution < -0.4 is 5.32 Å². The first-order valence-corrected chi connectivity index (χ1v) is 5.96. The predicted octanol–water partition coefficient (Wildman–Crippen LogP) is 2.63. The van der Waals surface area contributed by atoms with Crippen LogP contribution in [-0.2, 0) is 4.79 Å². The van der Waals surface area contributed by atoms with Crippen LogP contribution in [0.15, 0.2) is 17.0 Å². The average Bonchev–Trinajstić information content (AvgIpc) is 2.26. The van der Waals surface area contributed by atoms with Gasteiger partial charge >= 0.3 is 0 Å². The van der Waals surface area contributed by atoms with Crippen molar-refractivity contribution >= 4 is 23.4 Å². The molecule has 0 radical (unpaired) electrons. The van der Waals surface area contributed by atoms with E-state index in [4.69, 9.17) is 5.26 Å². The highest BCUT2D eigenvalue weighted by Gasteiger charge is 2.27. The molecule has 0 aliphatic carbocycles. The maximum absolute atomic E-state index is 11.7. The third kappa shape index (κ3) is 1.79. The van der Waals surface area contributed by atoms with Crippen molar-refractivity contribution in [2.75, 3.05) is 5.32 Å². The molecule has 3 nitrogen and oxygen atoms in total. The van der Waals surface area contributed by atoms with E-state index in [1.54, 1.807) is 0 Å². The summed E-state index contributed by atoms with van der Waals surface area (Å²) in [6.07, 6.45) is 0.253. The first kappa shape index (κ1) is 11.0. The smallest absolute Gasteiger partial charge is 0.238 e. The zero-order valence-corrected chi connectivity index (χ0v) is 10.0. The third-order valence-corrected chi connectivity index (χ3v) is 4.04. The molecule has 0 aromatic heterocycles. The summed E-state index contributed by atoms with van der Waals surface area (Å²) in [5.41, 5.74) is 3.18. The van der Waals surface area contributed by atoms with Gasteiger partial charge in [0.25, 0.3) is 0 Å². The van der Waals surface area contributed by atoms with E-state index in [9.17, 15) is 4.79 Å². The standard InChI is InChI=1S/C12H12N2OS/c1-7-3-4-9-11(8(7)2)14-12(15)10(16-9)5-6-13/h3-4,10H,5H2,1-2H3,(H,14,15). The van der Waals surface area contributed by atoms with Crippen LogP contribution >= 0.6 is 11.8 Å². The Labute approximate surface area is 98.8 Å². The summed E-state index contributed by atoms with van der Waals surface area (Å²) in [5, 5.41) is 11.3. The Hall–Kier alpha value is -1.47. The lowest BCUT2D eigenvalue weighted by atomic mass is 10.1. The quantitative estimate of drug-likeness (QED) is 0.809. The molecule has 82 valence electrons. The molecule has 0 bridgehead atoms. The summed E-state index contributed by atoms with van der Waals surface area (Å²) >= 11 is 1.48. The number of aryl methyl sites for hydroxylation is 1. The van der Waals surface area contributed by atoms with Gasteiger partial charge in [-0.05, 0) is 31.0 Å². The third-order valence-electron chi connectivity index (χ3n) is 2.78. The minimum Gasteiger partial charge on any atom is -0.324 e. The normalized spacial score (nSPS) is 18.6. The van der Waals surface area contributed by atoms with Crippen LogP contribution in [0.1, 0.15) is 17.5 Å². The SMILES string of the molecule is Cc1ccc2c(c1C)NC(=O)C(CC#N)S2. The van der Waals surface area contributed by atoms with Crippen LogP contribution in [0.4, 0.5) is 5.69 Å². The number of thioether (sulfide) groups is 1. The number of fused-ring (bicyclic) bond motifs is 1. The maximum atomic E-state index is 11.7. The second-order valence-electron chi connectivity index (χ2n) is 3.84. The summed E-state index contributed by atoms with van der Waals surface area (Å²) in [6.45, 7) is 4.02. The zero-order chi connectivity index (χ0) is 11.7. The van der Waals surface area contributed by atoms with Crippen molar-refractivity contribution in [3.63, 3.8) is 0 Å². The topological polar surface area (TPSA) is 52.9 Å². The molecule has 1 aliphatic heterocycles. The van der Waals surface area contributed by atoms with Gasteiger partial charge in [-0.2, -0.15) is 5.26 Å². The van der Waals surface area contributed by atoms with Gasteiger partial charge in [0.1, 0.15) is 5.25 Å². The van der Waals surface area contributed by atoms with Crippen LogP contribution in [0.5, 0.6) is 0 Å². The van der Waals surface area contributed by atoms with E-state index in [1.165, 1.54) is 17.3 Å². The average molecular weight is 232 g/mol. The van der Waals surface area contributed by atoms with E-state index >= 15 is 0 Å². The van der Waals surface area contributed by atoms with Crippen LogP contribution in [0.2, 0.25) is 0 Å². The number of anilines is 1. The van der Waals surface area contributed by atoms with Crippen LogP contribution in [0.3, 0.4) is 0 Å². The summed E-state index contributed by atoms with van der Waals surface area (Å²) < 4.78 is 0. The predicted molar refractivity (Wildman–Crippen MR) is 64.4 cm³/mol. The van der Waals surface area contributed by atoms with E-state index in [2.05, 4.69) is 5.32 Å². The second-order valence-corrected chi connectivity index (χ2v) is 5.08. The Balaban J connectivity index is 2.39. The zero-order valence-electron chi connectivity index (χ0n) is 9.20. The fourth-order valence-electron chi connectivity index (χ4n) is 1.67. The number of rotatable bonds is 1. The van der Waals surface area contributed by atoms with E-state index in [0.717, 1.165) is 16.1 Å². The van der Waals surface area contributed by atoms with Gasteiger partial charge in [0, 0.05) is 4.90 Å². The number of hydrogen-bond acceptors (Lipinski definition) is 3. The molecule has 1 atom stereocenters. The molecule has 1 unspecified atom stereocenters. The molecule has 4 heteroatoms. The van der Waals surface area contributed by atoms with Gasteiger partial charge in [-0.1, -0.05) is 6.07 Å². The number of nitriles is 1. The van der Waals surface area contributed by atoms with Crippen LogP contribution in [0.25, 0.3) is 0 Å². The summed E-state index contributed by atoms with van der Waals surface area (Å²) in [6, 6.07) is 6.09. The van der Waals surface area contributed by atoms with E-state index in [1.807, 2.05) is 32.0 Å². The number of carbonyl (C=O) groups is 1. The Bertz CT molecular complexity index is 491. The molecule has 0 fully saturated rings. The molecular weight excluding hydrogens is 220 g/mol. The van der Waals surface area contributed by atoms with E-state index in [-0.39, 0.29) is 17.6 Å². The minimum atomic E-state index is -0.278. The lowest BCUT2D eigenvalue weighted by Gasteiger charge is -2.24. The molecule has 1 heterocycles. The van der Waals surface area contributed by atoms with Gasteiger partial charge in [-0.25, -0.2) is 0 Å². The Kier molecular flexibility index (Phi) is 2.88. The van der Waals surface area contributed by atoms with Crippen LogP contribution in [0, 0.1) is 25.2 Å². The van der Waals surface area contributed by atoms with Gasteiger partial charge < -0.3 is 5.32 Å². The van der Waals surface area contributed by atoms with Gasteiger partial charge in [0.15, 0.2) is 0 Å². The number of amides is 1. The van der Waals surface area contributed by atoms with Gasteiger partial charge in [0.05, 0.1) is 18.2 Å². The molecule has 16 heavy (non-hydrogen) atoms. The van der Waals surface area contributed by atoms with Crippen molar-refractivity contribution in [3.8, 4) is 6.07 Å². The van der Waals surface area contributed by atoms with Gasteiger partial charge in [-0.3, -0.25) is 4.79 Å². The van der Waals surface area contributed by atoms with Crippen molar-refractivity contribution in [2.24, 2.45) is 0 Å². The molecule has 1 aromatic carbocycles. The number of benzene rings is 1. The van der Waals surface area contributed by atoms with E-state index in [0.29, 0.717) is 0 Å². The molecule has 1 aliphatic rings. The maximum Gasteiger partial charge on any atom is 0.238 e. The van der Waals surface area contributed by atoms with E-state index < -0.39 is 0 Å². The molecule has 1 amide bonds. The summed E-state index contributed by atoms with van der Waals surface area (Å²) in [4.78, 5) is 12.8. The van der Waals surface area contributed by atoms with Crippen molar-refractivity contribution < 1.29 is 4.79 Å². The molecular formula is C12H12N2OS. The first-order valence-electron chi connectivity index (χ1n) is 5.08. The highest BCUT2D eigenvalue weighted by Crippen LogP contribution is 2.39. The van der Waals surface area contributed by atoms with Gasteiger partial charge in [-0.15, -0.1) is 11.8 Å². The van der Waals surface area contributed by atoms with Crippen LogP contribution in [-0.4, -0.2) is 11.2 Å². The Morgan fingerprint density at radius 3 is 2.94 bits per heavy atom. The van der Waals surface area contributed by atoms with Crippen molar-refractivity contribution in [2.45, 2.75) is 30.4 Å². The molecule has 1 N–H and O–H groups in total. The fraction of sp³-hybridized carbons (Fsp3) is 0.333. The Morgan fingerprint density at radius 1 is 1.50 bits per heavy atom. The number of hydrogen-bond donors (Lipinski definition) is 1. The summed E-state index contributed by atoms with van der Waals surface area (Å²) in [5.74, 6) is -0.0623. The molecule has 2 rings (SSSR count). The fourth-order valence-corrected chi connectivity index (χ4v) is 2.77. The number of carbonyl (C=O) groups excluding carboxylic acids is 1. The molecule has 1 aromatic rings. The Morgan fingerprint density at radius 2 is 2.25 bits per heavy atom. The monoisotopic (exact) mass is 232 g/mol. The lowest BCUT2D eigenvalue weighted by molar-refractivity contribution is -0.115. The molecule has 0 spiro atoms.